The van der Waals surface area contributed by atoms with Crippen LogP contribution in [0.5, 0.6) is 5.75 Å². The van der Waals surface area contributed by atoms with E-state index in [4.69, 9.17) is 9.47 Å². The van der Waals surface area contributed by atoms with E-state index in [9.17, 15) is 4.79 Å². The van der Waals surface area contributed by atoms with Crippen molar-refractivity contribution < 1.29 is 14.3 Å². The highest BCUT2D eigenvalue weighted by Gasteiger charge is 2.23. The number of carbonyl (C=O) groups excluding carboxylic acids is 1. The van der Waals surface area contributed by atoms with E-state index >= 15 is 0 Å². The molecular weight excluding hydrogens is 360 g/mol. The lowest BCUT2D eigenvalue weighted by Crippen LogP contribution is -2.22. The number of carbonyl (C=O) groups is 1. The van der Waals surface area contributed by atoms with Gasteiger partial charge in [-0.15, -0.1) is 11.3 Å². The fraction of sp³-hybridized carbons (Fsp3) is 0.238. The zero-order valence-corrected chi connectivity index (χ0v) is 15.8. The van der Waals surface area contributed by atoms with E-state index in [1.54, 1.807) is 7.11 Å². The van der Waals surface area contributed by atoms with Crippen molar-refractivity contribution in [3.8, 4) is 17.0 Å². The van der Waals surface area contributed by atoms with Crippen LogP contribution in [-0.4, -0.2) is 24.6 Å². The van der Waals surface area contributed by atoms with Gasteiger partial charge in [0.1, 0.15) is 5.75 Å². The van der Waals surface area contributed by atoms with Crippen LogP contribution in [0.1, 0.15) is 23.7 Å². The summed E-state index contributed by atoms with van der Waals surface area (Å²) in [6.07, 6.45) is 0.965. The molecule has 0 aliphatic carbocycles. The largest absolute Gasteiger partial charge is 0.496 e. The number of methoxy groups -OCH3 is 1. The van der Waals surface area contributed by atoms with Crippen LogP contribution < -0.4 is 10.1 Å². The molecule has 1 amide bonds. The Kier molecular flexibility index (Phi) is 5.18. The summed E-state index contributed by atoms with van der Waals surface area (Å²) in [5.41, 5.74) is 4.05. The van der Waals surface area contributed by atoms with Crippen molar-refractivity contribution >= 4 is 22.4 Å². The molecule has 3 aromatic rings. The molecule has 6 heteroatoms. The average Bonchev–Trinajstić information content (AvgIpc) is 3.16. The molecule has 1 atom stereocenters. The van der Waals surface area contributed by atoms with Crippen LogP contribution in [0.2, 0.25) is 0 Å². The Morgan fingerprint density at radius 1 is 1.26 bits per heavy atom. The van der Waals surface area contributed by atoms with Crippen molar-refractivity contribution in [3.05, 3.63) is 65.0 Å². The molecule has 0 saturated heterocycles. The number of benzene rings is 2. The third-order valence-corrected chi connectivity index (χ3v) is 5.35. The normalized spacial score (nSPS) is 15.8. The molecule has 0 radical (unpaired) electrons. The minimum atomic E-state index is -0.205. The van der Waals surface area contributed by atoms with E-state index in [1.165, 1.54) is 16.9 Å². The minimum absolute atomic E-state index is 0.0994. The van der Waals surface area contributed by atoms with Crippen molar-refractivity contribution in [1.29, 1.82) is 0 Å². The number of nitrogens with zero attached hydrogens (tertiary/aromatic N) is 1. The third-order valence-electron chi connectivity index (χ3n) is 4.60. The van der Waals surface area contributed by atoms with Crippen molar-refractivity contribution in [3.63, 3.8) is 0 Å². The Hall–Kier alpha value is -2.70. The second-order valence-electron chi connectivity index (χ2n) is 6.30. The van der Waals surface area contributed by atoms with Gasteiger partial charge in [0.2, 0.25) is 5.91 Å². The number of hydrogen-bond donors (Lipinski definition) is 1. The first-order chi connectivity index (χ1) is 13.2. The van der Waals surface area contributed by atoms with Crippen molar-refractivity contribution in [2.24, 2.45) is 0 Å². The summed E-state index contributed by atoms with van der Waals surface area (Å²) in [4.78, 5) is 17.0. The van der Waals surface area contributed by atoms with Gasteiger partial charge in [0, 0.05) is 10.9 Å². The highest BCUT2D eigenvalue weighted by Crippen LogP contribution is 2.33. The summed E-state index contributed by atoms with van der Waals surface area (Å²) in [6.45, 7) is 0.643. The van der Waals surface area contributed by atoms with Crippen LogP contribution in [0.15, 0.2) is 53.9 Å². The van der Waals surface area contributed by atoms with Crippen molar-refractivity contribution in [2.45, 2.75) is 18.9 Å². The first-order valence-corrected chi connectivity index (χ1v) is 9.70. The van der Waals surface area contributed by atoms with E-state index in [0.717, 1.165) is 29.0 Å². The van der Waals surface area contributed by atoms with E-state index in [-0.39, 0.29) is 18.4 Å². The first kappa shape index (κ1) is 17.7. The summed E-state index contributed by atoms with van der Waals surface area (Å²) in [5.74, 6) is 0.658. The molecule has 1 aliphatic heterocycles. The minimum Gasteiger partial charge on any atom is -0.496 e. The number of anilines is 1. The maximum Gasteiger partial charge on any atom is 0.229 e. The van der Waals surface area contributed by atoms with Gasteiger partial charge in [-0.2, -0.15) is 0 Å². The number of amides is 1. The third kappa shape index (κ3) is 3.86. The number of ether oxygens (including phenoxy) is 2. The molecule has 138 valence electrons. The summed E-state index contributed by atoms with van der Waals surface area (Å²) >= 11 is 1.40. The zero-order chi connectivity index (χ0) is 18.6. The van der Waals surface area contributed by atoms with Crippen LogP contribution in [0.4, 0.5) is 5.13 Å². The smallest absolute Gasteiger partial charge is 0.229 e. The van der Waals surface area contributed by atoms with Gasteiger partial charge < -0.3 is 14.8 Å². The lowest BCUT2D eigenvalue weighted by molar-refractivity contribution is -0.119. The lowest BCUT2D eigenvalue weighted by Gasteiger charge is -2.25. The van der Waals surface area contributed by atoms with Gasteiger partial charge in [0.05, 0.1) is 31.9 Å². The van der Waals surface area contributed by atoms with Gasteiger partial charge in [-0.25, -0.2) is 4.98 Å². The van der Waals surface area contributed by atoms with Crippen molar-refractivity contribution in [2.75, 3.05) is 19.0 Å². The van der Waals surface area contributed by atoms with Crippen LogP contribution in [0.25, 0.3) is 11.3 Å². The Morgan fingerprint density at radius 3 is 2.96 bits per heavy atom. The number of para-hydroxylation sites is 1. The quantitative estimate of drug-likeness (QED) is 0.710. The van der Waals surface area contributed by atoms with Crippen LogP contribution in [0, 0.1) is 0 Å². The maximum atomic E-state index is 12.5. The Bertz CT molecular complexity index is 954. The lowest BCUT2D eigenvalue weighted by atomic mass is 9.96. The van der Waals surface area contributed by atoms with Crippen LogP contribution >= 0.6 is 11.3 Å². The summed E-state index contributed by atoms with van der Waals surface area (Å²) in [7, 11) is 1.63. The molecule has 1 N–H and O–H groups in total. The fourth-order valence-electron chi connectivity index (χ4n) is 3.30. The Morgan fingerprint density at radius 2 is 2.07 bits per heavy atom. The van der Waals surface area contributed by atoms with E-state index in [0.29, 0.717) is 11.7 Å². The van der Waals surface area contributed by atoms with Gasteiger partial charge in [-0.05, 0) is 29.7 Å². The van der Waals surface area contributed by atoms with Gasteiger partial charge in [-0.3, -0.25) is 4.79 Å². The monoisotopic (exact) mass is 380 g/mol. The Labute approximate surface area is 162 Å². The number of hydrogen-bond acceptors (Lipinski definition) is 5. The maximum absolute atomic E-state index is 12.5. The van der Waals surface area contributed by atoms with Gasteiger partial charge in [0.15, 0.2) is 5.13 Å². The fourth-order valence-corrected chi connectivity index (χ4v) is 4.02. The topological polar surface area (TPSA) is 60.5 Å². The number of fused-ring (bicyclic) bond motifs is 1. The summed E-state index contributed by atoms with van der Waals surface area (Å²) in [6, 6.07) is 15.8. The van der Waals surface area contributed by atoms with E-state index < -0.39 is 0 Å². The average molecular weight is 380 g/mol. The number of rotatable bonds is 5. The molecular formula is C21H20N2O3S. The summed E-state index contributed by atoms with van der Waals surface area (Å²) in [5, 5.41) is 5.39. The van der Waals surface area contributed by atoms with Crippen LogP contribution in [0.3, 0.4) is 0 Å². The highest BCUT2D eigenvalue weighted by atomic mass is 32.1. The summed E-state index contributed by atoms with van der Waals surface area (Å²) < 4.78 is 11.2. The molecule has 1 unspecified atom stereocenters. The second kappa shape index (κ2) is 7.90. The Balaban J connectivity index is 1.45. The number of aromatic nitrogens is 1. The number of thiazole rings is 1. The molecule has 4 rings (SSSR count). The van der Waals surface area contributed by atoms with Crippen molar-refractivity contribution in [1.82, 2.24) is 4.98 Å². The molecule has 0 bridgehead atoms. The van der Waals surface area contributed by atoms with Gasteiger partial charge in [-0.1, -0.05) is 36.4 Å². The van der Waals surface area contributed by atoms with Gasteiger partial charge in [0.25, 0.3) is 0 Å². The molecule has 2 heterocycles. The van der Waals surface area contributed by atoms with Gasteiger partial charge >= 0.3 is 0 Å². The second-order valence-corrected chi connectivity index (χ2v) is 7.16. The predicted molar refractivity (Wildman–Crippen MR) is 106 cm³/mol. The molecule has 0 spiro atoms. The molecule has 1 aliphatic rings. The molecule has 1 aromatic heterocycles. The number of nitrogens with one attached hydrogen (secondary N) is 1. The van der Waals surface area contributed by atoms with E-state index in [2.05, 4.69) is 16.4 Å². The molecule has 0 fully saturated rings. The molecule has 0 saturated carbocycles. The SMILES string of the molecule is COc1ccccc1-c1csc(NC(=O)CC2OCCc3ccccc32)n1. The van der Waals surface area contributed by atoms with Crippen LogP contribution in [-0.2, 0) is 16.0 Å². The van der Waals surface area contributed by atoms with E-state index in [1.807, 2.05) is 47.8 Å². The highest BCUT2D eigenvalue weighted by molar-refractivity contribution is 7.14. The standard InChI is InChI=1S/C21H20N2O3S/c1-25-18-9-5-4-8-16(18)17-13-27-21(22-17)23-20(24)12-19-15-7-3-2-6-14(15)10-11-26-19/h2-9,13,19H,10-12H2,1H3,(H,22,23,24). The predicted octanol–water partition coefficient (Wildman–Crippen LogP) is 4.46. The molecule has 2 aromatic carbocycles. The molecule has 5 nitrogen and oxygen atoms in total. The molecule has 27 heavy (non-hydrogen) atoms. The zero-order valence-electron chi connectivity index (χ0n) is 15.0. The first-order valence-electron chi connectivity index (χ1n) is 8.83.